The number of carbonyl (C=O) groups excluding carboxylic acids is 1. The van der Waals surface area contributed by atoms with Crippen LogP contribution >= 0.6 is 0 Å². The number of rotatable bonds is 4. The number of aliphatic hydroxyl groups excluding tert-OH is 2. The van der Waals surface area contributed by atoms with E-state index in [-0.39, 0.29) is 36.1 Å². The SMILES string of the molecule is CC(C)OC(=O)Nc1nc(F)nc2c1ncn2[C@H]1C[C@H](O)[C@@](C)(CO)O1. The van der Waals surface area contributed by atoms with E-state index in [0.717, 1.165) is 0 Å². The van der Waals surface area contributed by atoms with E-state index in [2.05, 4.69) is 20.3 Å². The number of ether oxygens (including phenoxy) is 2. The Balaban J connectivity index is 1.94. The molecule has 0 saturated carbocycles. The first-order valence-corrected chi connectivity index (χ1v) is 8.08. The van der Waals surface area contributed by atoms with Gasteiger partial charge in [0, 0.05) is 6.42 Å². The van der Waals surface area contributed by atoms with Crippen LogP contribution in [0.25, 0.3) is 11.2 Å². The Bertz CT molecular complexity index is 828. The zero-order valence-corrected chi connectivity index (χ0v) is 14.5. The minimum Gasteiger partial charge on any atom is -0.447 e. The van der Waals surface area contributed by atoms with Crippen molar-refractivity contribution in [2.24, 2.45) is 0 Å². The van der Waals surface area contributed by atoms with Crippen LogP contribution in [0.1, 0.15) is 33.4 Å². The normalized spacial score (nSPS) is 25.8. The first-order chi connectivity index (χ1) is 12.2. The molecule has 0 radical (unpaired) electrons. The lowest BCUT2D eigenvalue weighted by atomic mass is 10.0. The van der Waals surface area contributed by atoms with Gasteiger partial charge in [0.25, 0.3) is 0 Å². The molecule has 1 amide bonds. The van der Waals surface area contributed by atoms with E-state index in [9.17, 15) is 19.4 Å². The summed E-state index contributed by atoms with van der Waals surface area (Å²) in [4.78, 5) is 23.2. The van der Waals surface area contributed by atoms with Gasteiger partial charge in [-0.3, -0.25) is 9.88 Å². The molecule has 2 aromatic heterocycles. The molecule has 3 heterocycles. The topological polar surface area (TPSA) is 132 Å². The number of nitrogens with zero attached hydrogens (tertiary/aromatic N) is 4. The molecule has 0 aromatic carbocycles. The summed E-state index contributed by atoms with van der Waals surface area (Å²) in [5.41, 5.74) is -0.922. The van der Waals surface area contributed by atoms with Crippen LogP contribution in [0.5, 0.6) is 0 Å². The lowest BCUT2D eigenvalue weighted by Gasteiger charge is -2.24. The zero-order valence-electron chi connectivity index (χ0n) is 14.5. The number of carbonyl (C=O) groups is 1. The number of aromatic nitrogens is 4. The fourth-order valence-corrected chi connectivity index (χ4v) is 2.72. The highest BCUT2D eigenvalue weighted by Crippen LogP contribution is 2.37. The Morgan fingerprint density at radius 3 is 2.92 bits per heavy atom. The van der Waals surface area contributed by atoms with Gasteiger partial charge in [0.05, 0.1) is 25.1 Å². The van der Waals surface area contributed by atoms with Crippen LogP contribution in [-0.4, -0.2) is 60.2 Å². The number of halogens is 1. The molecule has 0 unspecified atom stereocenters. The number of hydrogen-bond donors (Lipinski definition) is 3. The number of aliphatic hydroxyl groups is 2. The Labute approximate surface area is 148 Å². The van der Waals surface area contributed by atoms with E-state index in [1.807, 2.05) is 0 Å². The third kappa shape index (κ3) is 3.32. The minimum absolute atomic E-state index is 0.0803. The van der Waals surface area contributed by atoms with Crippen molar-refractivity contribution in [3.05, 3.63) is 12.4 Å². The first kappa shape index (κ1) is 18.4. The number of hydrogen-bond acceptors (Lipinski definition) is 8. The molecule has 3 N–H and O–H groups in total. The van der Waals surface area contributed by atoms with Crippen LogP contribution in [-0.2, 0) is 9.47 Å². The average molecular weight is 369 g/mol. The predicted octanol–water partition coefficient (Wildman–Crippen LogP) is 0.953. The molecule has 1 fully saturated rings. The molecule has 0 spiro atoms. The number of nitrogens with one attached hydrogen (secondary N) is 1. The third-order valence-electron chi connectivity index (χ3n) is 4.12. The second kappa shape index (κ2) is 6.74. The minimum atomic E-state index is -1.14. The number of amides is 1. The average Bonchev–Trinajstić information content (AvgIpc) is 3.08. The standard InChI is InChI=1S/C15H20FN5O5/c1-7(2)25-14(24)19-11-10-12(20-13(16)18-11)21(6-17-10)9-4-8(23)15(3,5-22)26-9/h6-9,22-23H,4-5H2,1-3H3,(H,18,19,20,24)/t8-,9+,15+/m0/s1. The summed E-state index contributed by atoms with van der Waals surface area (Å²) in [6.07, 6.45) is -2.35. The van der Waals surface area contributed by atoms with Crippen molar-refractivity contribution >= 4 is 23.1 Å². The summed E-state index contributed by atoms with van der Waals surface area (Å²) in [5, 5.41) is 21.9. The lowest BCUT2D eigenvalue weighted by Crippen LogP contribution is -2.39. The van der Waals surface area contributed by atoms with E-state index >= 15 is 0 Å². The largest absolute Gasteiger partial charge is 0.447 e. The maximum Gasteiger partial charge on any atom is 0.413 e. The molecule has 0 aliphatic carbocycles. The Hall–Kier alpha value is -2.37. The maximum absolute atomic E-state index is 13.9. The zero-order chi connectivity index (χ0) is 19.1. The Morgan fingerprint density at radius 1 is 1.58 bits per heavy atom. The van der Waals surface area contributed by atoms with Crippen molar-refractivity contribution in [2.75, 3.05) is 11.9 Å². The summed E-state index contributed by atoms with van der Waals surface area (Å²) in [5.74, 6) is -0.139. The number of anilines is 1. The highest BCUT2D eigenvalue weighted by Gasteiger charge is 2.45. The van der Waals surface area contributed by atoms with Crippen LogP contribution in [0, 0.1) is 6.08 Å². The summed E-state index contributed by atoms with van der Waals surface area (Å²) >= 11 is 0. The van der Waals surface area contributed by atoms with Gasteiger partial charge in [-0.2, -0.15) is 14.4 Å². The molecule has 0 bridgehead atoms. The van der Waals surface area contributed by atoms with Gasteiger partial charge in [0.2, 0.25) is 0 Å². The smallest absolute Gasteiger partial charge is 0.413 e. The molecule has 142 valence electrons. The molecular formula is C15H20FN5O5. The molecular weight excluding hydrogens is 349 g/mol. The predicted molar refractivity (Wildman–Crippen MR) is 86.8 cm³/mol. The molecule has 2 aromatic rings. The van der Waals surface area contributed by atoms with Crippen molar-refractivity contribution in [1.82, 2.24) is 19.5 Å². The molecule has 1 aliphatic heterocycles. The second-order valence-electron chi connectivity index (χ2n) is 6.54. The summed E-state index contributed by atoms with van der Waals surface area (Å²) in [6, 6.07) is 0. The van der Waals surface area contributed by atoms with E-state index in [1.54, 1.807) is 20.8 Å². The van der Waals surface area contributed by atoms with Gasteiger partial charge < -0.3 is 19.7 Å². The van der Waals surface area contributed by atoms with Gasteiger partial charge in [0.1, 0.15) is 11.8 Å². The number of fused-ring (bicyclic) bond motifs is 1. The number of imidazole rings is 1. The van der Waals surface area contributed by atoms with Gasteiger partial charge in [-0.25, -0.2) is 9.78 Å². The van der Waals surface area contributed by atoms with Crippen LogP contribution in [0.3, 0.4) is 0 Å². The van der Waals surface area contributed by atoms with Gasteiger partial charge in [-0.1, -0.05) is 0 Å². The van der Waals surface area contributed by atoms with Crippen molar-refractivity contribution in [3.63, 3.8) is 0 Å². The Morgan fingerprint density at radius 2 is 2.31 bits per heavy atom. The lowest BCUT2D eigenvalue weighted by molar-refractivity contribution is -0.115. The summed E-state index contributed by atoms with van der Waals surface area (Å²) in [6.45, 7) is 4.53. The van der Waals surface area contributed by atoms with Crippen LogP contribution in [0.15, 0.2) is 6.33 Å². The second-order valence-corrected chi connectivity index (χ2v) is 6.54. The molecule has 10 nitrogen and oxygen atoms in total. The van der Waals surface area contributed by atoms with Gasteiger partial charge in [0.15, 0.2) is 17.0 Å². The molecule has 11 heteroatoms. The fourth-order valence-electron chi connectivity index (χ4n) is 2.72. The van der Waals surface area contributed by atoms with Crippen molar-refractivity contribution < 1.29 is 28.9 Å². The van der Waals surface area contributed by atoms with Gasteiger partial charge in [-0.05, 0) is 20.8 Å². The van der Waals surface area contributed by atoms with Crippen LogP contribution in [0.2, 0.25) is 0 Å². The van der Waals surface area contributed by atoms with E-state index in [1.165, 1.54) is 10.9 Å². The van der Waals surface area contributed by atoms with Crippen molar-refractivity contribution in [1.29, 1.82) is 0 Å². The fraction of sp³-hybridized carbons (Fsp3) is 0.600. The molecule has 3 rings (SSSR count). The summed E-state index contributed by atoms with van der Waals surface area (Å²) in [7, 11) is 0. The van der Waals surface area contributed by atoms with E-state index < -0.39 is 30.1 Å². The summed E-state index contributed by atoms with van der Waals surface area (Å²) < 4.78 is 25.9. The Kier molecular flexibility index (Phi) is 4.78. The highest BCUT2D eigenvalue weighted by atomic mass is 19.1. The quantitative estimate of drug-likeness (QED) is 0.679. The third-order valence-corrected chi connectivity index (χ3v) is 4.12. The van der Waals surface area contributed by atoms with Gasteiger partial charge in [-0.15, -0.1) is 0 Å². The monoisotopic (exact) mass is 369 g/mol. The molecule has 3 atom stereocenters. The van der Waals surface area contributed by atoms with E-state index in [4.69, 9.17) is 9.47 Å². The van der Waals surface area contributed by atoms with Crippen molar-refractivity contribution in [2.45, 2.75) is 51.2 Å². The highest BCUT2D eigenvalue weighted by molar-refractivity contribution is 5.93. The molecule has 1 aliphatic rings. The van der Waals surface area contributed by atoms with Crippen LogP contribution < -0.4 is 5.32 Å². The van der Waals surface area contributed by atoms with Gasteiger partial charge >= 0.3 is 12.2 Å². The molecule has 1 saturated heterocycles. The van der Waals surface area contributed by atoms with E-state index in [0.29, 0.717) is 0 Å². The first-order valence-electron chi connectivity index (χ1n) is 8.08. The van der Waals surface area contributed by atoms with Crippen LogP contribution in [0.4, 0.5) is 15.0 Å². The van der Waals surface area contributed by atoms with Crippen molar-refractivity contribution in [3.8, 4) is 0 Å². The molecule has 26 heavy (non-hydrogen) atoms. The maximum atomic E-state index is 13.9.